The summed E-state index contributed by atoms with van der Waals surface area (Å²) in [5.74, 6) is 0.501. The molecule has 2 aliphatic heterocycles. The number of piperazine rings is 1. The van der Waals surface area contributed by atoms with E-state index in [0.717, 1.165) is 5.69 Å². The fourth-order valence-electron chi connectivity index (χ4n) is 3.63. The van der Waals surface area contributed by atoms with Gasteiger partial charge >= 0.3 is 0 Å². The van der Waals surface area contributed by atoms with Crippen LogP contribution in [-0.4, -0.2) is 56.0 Å². The maximum absolute atomic E-state index is 12.9. The monoisotopic (exact) mass is 399 g/mol. The summed E-state index contributed by atoms with van der Waals surface area (Å²) < 4.78 is 5.64. The van der Waals surface area contributed by atoms with Crippen molar-refractivity contribution in [2.75, 3.05) is 49.1 Å². The van der Waals surface area contributed by atoms with E-state index in [0.29, 0.717) is 49.2 Å². The van der Waals surface area contributed by atoms with E-state index in [1.165, 1.54) is 0 Å². The van der Waals surface area contributed by atoms with Gasteiger partial charge in [0.1, 0.15) is 12.3 Å². The Balaban J connectivity index is 1.42. The zero-order valence-corrected chi connectivity index (χ0v) is 16.3. The fourth-order valence-corrected chi connectivity index (χ4v) is 3.89. The lowest BCUT2D eigenvalue weighted by Gasteiger charge is -2.37. The van der Waals surface area contributed by atoms with Crippen molar-refractivity contribution >= 4 is 34.8 Å². The molecule has 0 unspecified atom stereocenters. The standard InChI is InChI=1S/C21H22ClN3O3/c22-16-5-1-2-6-17(16)23-10-12-24(13-11-23)21(27)15-25-18-7-3-4-8-19(18)28-14-9-20(25)26/h1-8H,9-15H2. The summed E-state index contributed by atoms with van der Waals surface area (Å²) in [4.78, 5) is 31.0. The molecule has 0 aliphatic carbocycles. The summed E-state index contributed by atoms with van der Waals surface area (Å²) in [5.41, 5.74) is 1.65. The number of benzene rings is 2. The van der Waals surface area contributed by atoms with Crippen molar-refractivity contribution in [3.63, 3.8) is 0 Å². The van der Waals surface area contributed by atoms with E-state index in [1.54, 1.807) is 4.90 Å². The van der Waals surface area contributed by atoms with Gasteiger partial charge in [0, 0.05) is 26.2 Å². The first-order valence-corrected chi connectivity index (χ1v) is 9.81. The van der Waals surface area contributed by atoms with E-state index >= 15 is 0 Å². The smallest absolute Gasteiger partial charge is 0.242 e. The van der Waals surface area contributed by atoms with Crippen LogP contribution in [0, 0.1) is 0 Å². The highest BCUT2D eigenvalue weighted by atomic mass is 35.5. The van der Waals surface area contributed by atoms with E-state index in [4.69, 9.17) is 16.3 Å². The third-order valence-electron chi connectivity index (χ3n) is 5.15. The zero-order chi connectivity index (χ0) is 19.5. The Morgan fingerprint density at radius 2 is 1.64 bits per heavy atom. The average molecular weight is 400 g/mol. The van der Waals surface area contributed by atoms with Gasteiger partial charge < -0.3 is 14.5 Å². The van der Waals surface area contributed by atoms with Gasteiger partial charge in [0.2, 0.25) is 11.8 Å². The second-order valence-electron chi connectivity index (χ2n) is 6.87. The number of halogens is 1. The summed E-state index contributed by atoms with van der Waals surface area (Å²) in [6, 6.07) is 15.1. The molecule has 0 N–H and O–H groups in total. The van der Waals surface area contributed by atoms with Crippen LogP contribution in [0.1, 0.15) is 6.42 Å². The Morgan fingerprint density at radius 1 is 0.964 bits per heavy atom. The van der Waals surface area contributed by atoms with Crippen LogP contribution in [0.25, 0.3) is 0 Å². The predicted octanol–water partition coefficient (Wildman–Crippen LogP) is 2.80. The summed E-state index contributed by atoms with van der Waals surface area (Å²) in [5, 5.41) is 0.717. The van der Waals surface area contributed by atoms with Crippen LogP contribution in [0.4, 0.5) is 11.4 Å². The highest BCUT2D eigenvalue weighted by molar-refractivity contribution is 6.33. The van der Waals surface area contributed by atoms with Gasteiger partial charge in [-0.15, -0.1) is 0 Å². The number of nitrogens with zero attached hydrogens (tertiary/aromatic N) is 3. The molecule has 7 heteroatoms. The number of carbonyl (C=O) groups excluding carboxylic acids is 2. The molecule has 4 rings (SSSR count). The molecule has 0 aromatic heterocycles. The van der Waals surface area contributed by atoms with Crippen molar-refractivity contribution in [2.24, 2.45) is 0 Å². The number of carbonyl (C=O) groups is 2. The lowest BCUT2D eigenvalue weighted by atomic mass is 10.2. The number of ether oxygens (including phenoxy) is 1. The number of anilines is 2. The molecular weight excluding hydrogens is 378 g/mol. The van der Waals surface area contributed by atoms with Crippen LogP contribution < -0.4 is 14.5 Å². The topological polar surface area (TPSA) is 53.1 Å². The minimum atomic E-state index is -0.0898. The molecule has 28 heavy (non-hydrogen) atoms. The molecule has 2 amide bonds. The van der Waals surface area contributed by atoms with Gasteiger partial charge in [-0.25, -0.2) is 0 Å². The molecule has 1 saturated heterocycles. The lowest BCUT2D eigenvalue weighted by Crippen LogP contribution is -2.52. The van der Waals surface area contributed by atoms with Crippen LogP contribution in [0.2, 0.25) is 5.02 Å². The number of hydrogen-bond acceptors (Lipinski definition) is 4. The first kappa shape index (κ1) is 18.6. The number of rotatable bonds is 3. The van der Waals surface area contributed by atoms with E-state index in [9.17, 15) is 9.59 Å². The predicted molar refractivity (Wildman–Crippen MR) is 109 cm³/mol. The zero-order valence-electron chi connectivity index (χ0n) is 15.5. The molecule has 2 aliphatic rings. The molecule has 146 valence electrons. The van der Waals surface area contributed by atoms with Gasteiger partial charge in [-0.3, -0.25) is 14.5 Å². The molecular formula is C21H22ClN3O3. The van der Waals surface area contributed by atoms with Crippen LogP contribution in [0.15, 0.2) is 48.5 Å². The minimum absolute atomic E-state index is 0.0330. The van der Waals surface area contributed by atoms with Gasteiger partial charge in [-0.1, -0.05) is 35.9 Å². The molecule has 2 aromatic carbocycles. The number of fused-ring (bicyclic) bond motifs is 1. The van der Waals surface area contributed by atoms with Crippen LogP contribution in [0.3, 0.4) is 0 Å². The Hall–Kier alpha value is -2.73. The maximum atomic E-state index is 12.9. The quantitative estimate of drug-likeness (QED) is 0.796. The van der Waals surface area contributed by atoms with Crippen LogP contribution in [-0.2, 0) is 9.59 Å². The Labute approximate surface area is 169 Å². The SMILES string of the molecule is O=C(CN1C(=O)CCOc2ccccc21)N1CCN(c2ccccc2Cl)CC1. The number of para-hydroxylation sites is 3. The van der Waals surface area contributed by atoms with Crippen molar-refractivity contribution in [1.29, 1.82) is 0 Å². The van der Waals surface area contributed by atoms with Gasteiger partial charge in [0.25, 0.3) is 0 Å². The van der Waals surface area contributed by atoms with E-state index in [1.807, 2.05) is 53.4 Å². The molecule has 0 spiro atoms. The molecule has 6 nitrogen and oxygen atoms in total. The third-order valence-corrected chi connectivity index (χ3v) is 5.47. The van der Waals surface area contributed by atoms with Crippen molar-refractivity contribution < 1.29 is 14.3 Å². The summed E-state index contributed by atoms with van der Waals surface area (Å²) >= 11 is 6.29. The molecule has 0 bridgehead atoms. The summed E-state index contributed by atoms with van der Waals surface area (Å²) in [6.07, 6.45) is 0.266. The first-order valence-electron chi connectivity index (χ1n) is 9.43. The third kappa shape index (κ3) is 3.78. The van der Waals surface area contributed by atoms with Crippen molar-refractivity contribution in [1.82, 2.24) is 4.90 Å². The Kier molecular flexibility index (Phi) is 5.39. The van der Waals surface area contributed by atoms with E-state index < -0.39 is 0 Å². The Morgan fingerprint density at radius 3 is 2.39 bits per heavy atom. The molecule has 0 atom stereocenters. The van der Waals surface area contributed by atoms with E-state index in [-0.39, 0.29) is 24.8 Å². The fraction of sp³-hybridized carbons (Fsp3) is 0.333. The van der Waals surface area contributed by atoms with Gasteiger partial charge in [0.15, 0.2) is 0 Å². The van der Waals surface area contributed by atoms with Crippen molar-refractivity contribution in [3.8, 4) is 5.75 Å². The average Bonchev–Trinajstić information content (AvgIpc) is 2.87. The van der Waals surface area contributed by atoms with Gasteiger partial charge in [0.05, 0.1) is 29.4 Å². The second kappa shape index (κ2) is 8.10. The molecule has 2 aromatic rings. The van der Waals surface area contributed by atoms with Crippen LogP contribution >= 0.6 is 11.6 Å². The van der Waals surface area contributed by atoms with Crippen molar-refractivity contribution in [2.45, 2.75) is 6.42 Å². The number of amides is 2. The van der Waals surface area contributed by atoms with Crippen LogP contribution in [0.5, 0.6) is 5.75 Å². The van der Waals surface area contributed by atoms with Gasteiger partial charge in [-0.2, -0.15) is 0 Å². The highest BCUT2D eigenvalue weighted by Crippen LogP contribution is 2.31. The maximum Gasteiger partial charge on any atom is 0.242 e. The molecule has 0 radical (unpaired) electrons. The largest absolute Gasteiger partial charge is 0.491 e. The first-order chi connectivity index (χ1) is 13.6. The summed E-state index contributed by atoms with van der Waals surface area (Å²) in [7, 11) is 0. The minimum Gasteiger partial charge on any atom is -0.491 e. The normalized spacial score (nSPS) is 17.0. The second-order valence-corrected chi connectivity index (χ2v) is 7.27. The number of hydrogen-bond donors (Lipinski definition) is 0. The van der Waals surface area contributed by atoms with E-state index in [2.05, 4.69) is 4.90 Å². The Bertz CT molecular complexity index is 881. The lowest BCUT2D eigenvalue weighted by molar-refractivity contribution is -0.131. The van der Waals surface area contributed by atoms with Crippen molar-refractivity contribution in [3.05, 3.63) is 53.6 Å². The van der Waals surface area contributed by atoms with Gasteiger partial charge in [-0.05, 0) is 24.3 Å². The molecule has 0 saturated carbocycles. The molecule has 2 heterocycles. The summed E-state index contributed by atoms with van der Waals surface area (Å²) in [6.45, 7) is 2.99. The molecule has 1 fully saturated rings. The highest BCUT2D eigenvalue weighted by Gasteiger charge is 2.28.